The molecule has 38 heavy (non-hydrogen) atoms. The van der Waals surface area contributed by atoms with Crippen molar-refractivity contribution in [3.63, 3.8) is 0 Å². The smallest absolute Gasteiger partial charge is 0.126 e. The maximum atomic E-state index is 6.74. The number of benzene rings is 3. The Morgan fingerprint density at radius 3 is 2.18 bits per heavy atom. The summed E-state index contributed by atoms with van der Waals surface area (Å²) in [6.07, 6.45) is 6.13. The summed E-state index contributed by atoms with van der Waals surface area (Å²) in [5.41, 5.74) is 8.35. The highest BCUT2D eigenvalue weighted by atomic mass is 31.1. The van der Waals surface area contributed by atoms with Crippen molar-refractivity contribution in [2.24, 2.45) is 0 Å². The summed E-state index contributed by atoms with van der Waals surface area (Å²) in [6, 6.07) is 22.4. The number of hydrogen-bond acceptors (Lipinski definition) is 1. The lowest BCUT2D eigenvalue weighted by Gasteiger charge is -2.36. The van der Waals surface area contributed by atoms with Gasteiger partial charge >= 0.3 is 0 Å². The van der Waals surface area contributed by atoms with Gasteiger partial charge in [-0.3, -0.25) is 0 Å². The Hall–Kier alpha value is -1.68. The first-order chi connectivity index (χ1) is 17.9. The minimum absolute atomic E-state index is 0.00147. The molecule has 0 fully saturated rings. The van der Waals surface area contributed by atoms with E-state index in [1.165, 1.54) is 59.7 Å². The molecule has 0 amide bonds. The lowest BCUT2D eigenvalue weighted by molar-refractivity contribution is 0.296. The van der Waals surface area contributed by atoms with Gasteiger partial charge in [-0.25, -0.2) is 0 Å². The van der Waals surface area contributed by atoms with Crippen LogP contribution in [0.3, 0.4) is 0 Å². The van der Waals surface area contributed by atoms with E-state index in [1.54, 1.807) is 10.9 Å². The van der Waals surface area contributed by atoms with Gasteiger partial charge in [0.2, 0.25) is 0 Å². The average Bonchev–Trinajstić information content (AvgIpc) is 2.85. The third-order valence-corrected chi connectivity index (χ3v) is 10.5. The molecule has 0 aliphatic rings. The standard InChI is InChI=1S/C35H50OP2/c1-10-11-15-21-35(7,37-33-26(2)17-16-20-29(33)25-38(8)9)31-23-30(34(4,5)6)22-27(3)32(31)36-24-28-18-13-12-14-19-28/h12-14,16-20,22-23,37H,10-11,15,21,24-25H2,1-9H3. The Morgan fingerprint density at radius 2 is 1.55 bits per heavy atom. The molecule has 0 spiro atoms. The molecule has 0 aromatic heterocycles. The molecule has 3 rings (SSSR count). The molecule has 1 nitrogen and oxygen atoms in total. The maximum absolute atomic E-state index is 6.74. The zero-order valence-electron chi connectivity index (χ0n) is 25.4. The van der Waals surface area contributed by atoms with E-state index in [4.69, 9.17) is 4.74 Å². The normalized spacial score (nSPS) is 13.8. The second kappa shape index (κ2) is 13.6. The number of aryl methyl sites for hydroxylation is 2. The van der Waals surface area contributed by atoms with Crippen molar-refractivity contribution in [3.05, 3.63) is 94.0 Å². The van der Waals surface area contributed by atoms with Crippen LogP contribution in [-0.4, -0.2) is 13.3 Å². The molecule has 0 radical (unpaired) electrons. The van der Waals surface area contributed by atoms with Gasteiger partial charge in [0.15, 0.2) is 0 Å². The molecule has 3 heteroatoms. The van der Waals surface area contributed by atoms with Gasteiger partial charge < -0.3 is 4.74 Å². The molecular weight excluding hydrogens is 498 g/mol. The molecule has 3 aromatic carbocycles. The van der Waals surface area contributed by atoms with E-state index in [0.29, 0.717) is 15.2 Å². The molecule has 0 aliphatic heterocycles. The largest absolute Gasteiger partial charge is 0.488 e. The van der Waals surface area contributed by atoms with E-state index in [1.807, 2.05) is 0 Å². The highest BCUT2D eigenvalue weighted by Crippen LogP contribution is 2.51. The second-order valence-electron chi connectivity index (χ2n) is 12.5. The first-order valence-electron chi connectivity index (χ1n) is 14.3. The lowest BCUT2D eigenvalue weighted by Crippen LogP contribution is -2.25. The molecular formula is C35H50OP2. The predicted molar refractivity (Wildman–Crippen MR) is 174 cm³/mol. The van der Waals surface area contributed by atoms with Crippen LogP contribution in [0.4, 0.5) is 0 Å². The van der Waals surface area contributed by atoms with Crippen LogP contribution in [0.1, 0.15) is 93.7 Å². The molecule has 0 bridgehead atoms. The molecule has 0 aliphatic carbocycles. The monoisotopic (exact) mass is 548 g/mol. The van der Waals surface area contributed by atoms with Crippen LogP contribution in [0.5, 0.6) is 5.75 Å². The van der Waals surface area contributed by atoms with Crippen molar-refractivity contribution >= 4 is 21.8 Å². The molecule has 0 saturated heterocycles. The summed E-state index contributed by atoms with van der Waals surface area (Å²) in [6.45, 7) is 21.8. The molecule has 2 atom stereocenters. The Bertz CT molecular complexity index is 1180. The third kappa shape index (κ3) is 8.16. The van der Waals surface area contributed by atoms with Gasteiger partial charge in [-0.15, -0.1) is 7.92 Å². The maximum Gasteiger partial charge on any atom is 0.126 e. The summed E-state index contributed by atoms with van der Waals surface area (Å²) < 4.78 is 6.74. The lowest BCUT2D eigenvalue weighted by atomic mass is 9.82. The molecule has 0 saturated carbocycles. The summed E-state index contributed by atoms with van der Waals surface area (Å²) >= 11 is 0. The Balaban J connectivity index is 2.17. The van der Waals surface area contributed by atoms with Gasteiger partial charge in [-0.2, -0.15) is 0 Å². The molecule has 206 valence electrons. The van der Waals surface area contributed by atoms with Crippen molar-refractivity contribution in [2.45, 2.75) is 97.5 Å². The topological polar surface area (TPSA) is 9.23 Å². The van der Waals surface area contributed by atoms with E-state index in [0.717, 1.165) is 5.75 Å². The molecule has 2 unspecified atom stereocenters. The Kier molecular flexibility index (Phi) is 11.0. The minimum Gasteiger partial charge on any atom is -0.488 e. The van der Waals surface area contributed by atoms with Gasteiger partial charge in [-0.1, -0.05) is 123 Å². The zero-order chi connectivity index (χ0) is 27.9. The summed E-state index contributed by atoms with van der Waals surface area (Å²) in [4.78, 5) is 0. The van der Waals surface area contributed by atoms with Crippen LogP contribution in [0.2, 0.25) is 0 Å². The molecule has 0 heterocycles. The van der Waals surface area contributed by atoms with Gasteiger partial charge in [0.1, 0.15) is 12.4 Å². The van der Waals surface area contributed by atoms with Crippen molar-refractivity contribution in [2.75, 3.05) is 13.3 Å². The van der Waals surface area contributed by atoms with E-state index in [-0.39, 0.29) is 18.5 Å². The first-order valence-corrected chi connectivity index (χ1v) is 17.7. The van der Waals surface area contributed by atoms with Gasteiger partial charge in [0, 0.05) is 10.7 Å². The van der Waals surface area contributed by atoms with Crippen LogP contribution in [0.25, 0.3) is 0 Å². The van der Waals surface area contributed by atoms with Crippen LogP contribution in [-0.2, 0) is 23.3 Å². The Morgan fingerprint density at radius 1 is 0.842 bits per heavy atom. The van der Waals surface area contributed by atoms with Crippen LogP contribution in [0, 0.1) is 13.8 Å². The van der Waals surface area contributed by atoms with Gasteiger partial charge in [-0.05, 0) is 78.3 Å². The van der Waals surface area contributed by atoms with E-state index in [9.17, 15) is 0 Å². The SMILES string of the molecule is CCCCCC(C)(Pc1c(C)cccc1CP(C)C)c1cc(C(C)(C)C)cc(C)c1OCc1ccccc1. The minimum atomic E-state index is 0.00147. The van der Waals surface area contributed by atoms with Crippen LogP contribution >= 0.6 is 16.5 Å². The fourth-order valence-electron chi connectivity index (χ4n) is 5.19. The second-order valence-corrected chi connectivity index (χ2v) is 16.8. The van der Waals surface area contributed by atoms with Gasteiger partial charge in [0.25, 0.3) is 0 Å². The Labute approximate surface area is 236 Å². The average molecular weight is 549 g/mol. The van der Waals surface area contributed by atoms with Crippen LogP contribution in [0.15, 0.2) is 60.7 Å². The highest BCUT2D eigenvalue weighted by molar-refractivity contribution is 7.55. The van der Waals surface area contributed by atoms with Crippen molar-refractivity contribution in [1.29, 1.82) is 0 Å². The zero-order valence-corrected chi connectivity index (χ0v) is 27.3. The summed E-state index contributed by atoms with van der Waals surface area (Å²) in [5.74, 6) is 1.09. The molecule has 0 N–H and O–H groups in total. The number of hydrogen-bond donors (Lipinski definition) is 0. The third-order valence-electron chi connectivity index (χ3n) is 7.49. The van der Waals surface area contributed by atoms with E-state index < -0.39 is 0 Å². The highest BCUT2D eigenvalue weighted by Gasteiger charge is 2.33. The first kappa shape index (κ1) is 30.9. The van der Waals surface area contributed by atoms with E-state index in [2.05, 4.69) is 122 Å². The van der Waals surface area contributed by atoms with E-state index >= 15 is 0 Å². The molecule has 3 aromatic rings. The van der Waals surface area contributed by atoms with Gasteiger partial charge in [0.05, 0.1) is 0 Å². The number of unbranched alkanes of at least 4 members (excludes halogenated alkanes) is 2. The summed E-state index contributed by atoms with van der Waals surface area (Å²) in [5, 5.41) is 1.59. The number of rotatable bonds is 12. The fraction of sp³-hybridized carbons (Fsp3) is 0.486. The quantitative estimate of drug-likeness (QED) is 0.162. The fourth-order valence-corrected chi connectivity index (χ4v) is 8.07. The van der Waals surface area contributed by atoms with Crippen molar-refractivity contribution in [1.82, 2.24) is 0 Å². The number of ether oxygens (including phenoxy) is 1. The van der Waals surface area contributed by atoms with Crippen LogP contribution < -0.4 is 10.0 Å². The van der Waals surface area contributed by atoms with Crippen molar-refractivity contribution < 1.29 is 4.74 Å². The van der Waals surface area contributed by atoms with Crippen molar-refractivity contribution in [3.8, 4) is 5.75 Å². The summed E-state index contributed by atoms with van der Waals surface area (Å²) in [7, 11) is 0.710. The predicted octanol–water partition coefficient (Wildman–Crippen LogP) is 10.2.